The summed E-state index contributed by atoms with van der Waals surface area (Å²) in [6.45, 7) is 2.99. The van der Waals surface area contributed by atoms with Gasteiger partial charge in [0.1, 0.15) is 0 Å². The van der Waals surface area contributed by atoms with Crippen LogP contribution in [0.15, 0.2) is 30.5 Å². The summed E-state index contributed by atoms with van der Waals surface area (Å²) in [5.74, 6) is 0. The van der Waals surface area contributed by atoms with Crippen molar-refractivity contribution in [2.75, 3.05) is 11.9 Å². The van der Waals surface area contributed by atoms with Gasteiger partial charge in [-0.2, -0.15) is 5.10 Å². The molecule has 98 valence electrons. The number of thiazole rings is 1. The van der Waals surface area contributed by atoms with Crippen LogP contribution in [-0.4, -0.2) is 21.7 Å². The zero-order chi connectivity index (χ0) is 13.1. The first-order chi connectivity index (χ1) is 9.33. The van der Waals surface area contributed by atoms with Crippen LogP contribution >= 0.6 is 11.3 Å². The number of hydrogen-bond donors (Lipinski definition) is 2. The normalized spacial score (nSPS) is 11.0. The highest BCUT2D eigenvalue weighted by Gasteiger charge is 2.03. The molecule has 0 saturated carbocycles. The Morgan fingerprint density at radius 3 is 3.00 bits per heavy atom. The first-order valence-corrected chi connectivity index (χ1v) is 7.23. The average Bonchev–Trinajstić information content (AvgIpc) is 3.00. The summed E-state index contributed by atoms with van der Waals surface area (Å²) in [6, 6.07) is 8.22. The maximum atomic E-state index is 4.55. The molecule has 0 spiro atoms. The molecule has 2 heterocycles. The molecule has 0 fully saturated rings. The van der Waals surface area contributed by atoms with Crippen LogP contribution in [0.5, 0.6) is 0 Å². The molecule has 0 saturated heterocycles. The van der Waals surface area contributed by atoms with Crippen LogP contribution < -0.4 is 5.32 Å². The van der Waals surface area contributed by atoms with Crippen molar-refractivity contribution in [1.29, 1.82) is 0 Å². The second-order valence-corrected chi connectivity index (χ2v) is 5.57. The van der Waals surface area contributed by atoms with Crippen LogP contribution in [0.4, 0.5) is 5.13 Å². The van der Waals surface area contributed by atoms with Crippen molar-refractivity contribution in [3.8, 4) is 0 Å². The van der Waals surface area contributed by atoms with Crippen molar-refractivity contribution in [3.05, 3.63) is 41.7 Å². The van der Waals surface area contributed by atoms with Crippen LogP contribution in [0.2, 0.25) is 0 Å². The second kappa shape index (κ2) is 5.40. The number of aromatic nitrogens is 3. The Morgan fingerprint density at radius 1 is 1.32 bits per heavy atom. The van der Waals surface area contributed by atoms with Gasteiger partial charge in [0.2, 0.25) is 0 Å². The smallest absolute Gasteiger partial charge is 0.183 e. The van der Waals surface area contributed by atoms with E-state index in [1.807, 2.05) is 24.4 Å². The number of aromatic amines is 1. The lowest BCUT2D eigenvalue weighted by Crippen LogP contribution is -2.02. The third-order valence-electron chi connectivity index (χ3n) is 3.13. The van der Waals surface area contributed by atoms with Crippen LogP contribution in [0, 0.1) is 6.92 Å². The topological polar surface area (TPSA) is 53.6 Å². The zero-order valence-corrected chi connectivity index (χ0v) is 11.6. The quantitative estimate of drug-likeness (QED) is 0.700. The van der Waals surface area contributed by atoms with Gasteiger partial charge >= 0.3 is 0 Å². The van der Waals surface area contributed by atoms with E-state index in [2.05, 4.69) is 33.5 Å². The Bertz CT molecular complexity index is 638. The van der Waals surface area contributed by atoms with Gasteiger partial charge < -0.3 is 5.32 Å². The van der Waals surface area contributed by atoms with Gasteiger partial charge in [-0.1, -0.05) is 23.5 Å². The molecule has 0 aliphatic carbocycles. The van der Waals surface area contributed by atoms with E-state index in [1.165, 1.54) is 16.0 Å². The number of aryl methyl sites for hydroxylation is 2. The SMILES string of the molecule is Cc1[nH]ncc1CCCNc1nc2ccccc2s1. The van der Waals surface area contributed by atoms with Gasteiger partial charge in [0.25, 0.3) is 0 Å². The van der Waals surface area contributed by atoms with Crippen molar-refractivity contribution < 1.29 is 0 Å². The summed E-state index contributed by atoms with van der Waals surface area (Å²) in [6.07, 6.45) is 4.03. The molecule has 0 aliphatic heterocycles. The predicted molar refractivity (Wildman–Crippen MR) is 79.8 cm³/mol. The molecule has 0 bridgehead atoms. The van der Waals surface area contributed by atoms with Gasteiger partial charge in [-0.05, 0) is 37.5 Å². The summed E-state index contributed by atoms with van der Waals surface area (Å²) >= 11 is 1.71. The minimum atomic E-state index is 0.935. The fourth-order valence-corrected chi connectivity index (χ4v) is 2.94. The predicted octanol–water partition coefficient (Wildman–Crippen LogP) is 3.37. The lowest BCUT2D eigenvalue weighted by atomic mass is 10.1. The number of fused-ring (bicyclic) bond motifs is 1. The second-order valence-electron chi connectivity index (χ2n) is 4.54. The maximum absolute atomic E-state index is 4.55. The molecule has 0 unspecified atom stereocenters. The minimum Gasteiger partial charge on any atom is -0.361 e. The largest absolute Gasteiger partial charge is 0.361 e. The summed E-state index contributed by atoms with van der Waals surface area (Å²) in [7, 11) is 0. The molecule has 2 N–H and O–H groups in total. The molecule has 4 nitrogen and oxygen atoms in total. The molecule has 0 aliphatic rings. The molecular formula is C14H16N4S. The van der Waals surface area contributed by atoms with E-state index in [9.17, 15) is 0 Å². The highest BCUT2D eigenvalue weighted by molar-refractivity contribution is 7.22. The highest BCUT2D eigenvalue weighted by atomic mass is 32.1. The fourth-order valence-electron chi connectivity index (χ4n) is 2.05. The lowest BCUT2D eigenvalue weighted by Gasteiger charge is -2.01. The fraction of sp³-hybridized carbons (Fsp3) is 0.286. The van der Waals surface area contributed by atoms with Crippen molar-refractivity contribution in [2.45, 2.75) is 19.8 Å². The Labute approximate surface area is 115 Å². The van der Waals surface area contributed by atoms with Gasteiger partial charge in [0, 0.05) is 12.2 Å². The zero-order valence-electron chi connectivity index (χ0n) is 10.8. The van der Waals surface area contributed by atoms with Gasteiger partial charge in [-0.3, -0.25) is 5.10 Å². The third-order valence-corrected chi connectivity index (χ3v) is 4.12. The highest BCUT2D eigenvalue weighted by Crippen LogP contribution is 2.25. The third kappa shape index (κ3) is 2.76. The number of nitrogens with zero attached hydrogens (tertiary/aromatic N) is 2. The Morgan fingerprint density at radius 2 is 2.21 bits per heavy atom. The Balaban J connectivity index is 1.53. The molecular weight excluding hydrogens is 256 g/mol. The molecule has 3 aromatic rings. The number of anilines is 1. The summed E-state index contributed by atoms with van der Waals surface area (Å²) in [5, 5.41) is 11.4. The molecule has 1 aromatic carbocycles. The molecule has 0 radical (unpaired) electrons. The first-order valence-electron chi connectivity index (χ1n) is 6.41. The number of H-pyrrole nitrogens is 1. The Kier molecular flexibility index (Phi) is 3.46. The van der Waals surface area contributed by atoms with Gasteiger partial charge in [-0.25, -0.2) is 4.98 Å². The molecule has 0 atom stereocenters. The van der Waals surface area contributed by atoms with Crippen LogP contribution in [0.3, 0.4) is 0 Å². The number of nitrogens with one attached hydrogen (secondary N) is 2. The molecule has 5 heteroatoms. The van der Waals surface area contributed by atoms with E-state index < -0.39 is 0 Å². The van der Waals surface area contributed by atoms with E-state index in [0.717, 1.165) is 30.0 Å². The lowest BCUT2D eigenvalue weighted by molar-refractivity contribution is 0.856. The van der Waals surface area contributed by atoms with E-state index >= 15 is 0 Å². The monoisotopic (exact) mass is 272 g/mol. The molecule has 3 rings (SSSR count). The van der Waals surface area contributed by atoms with Crippen molar-refractivity contribution in [3.63, 3.8) is 0 Å². The average molecular weight is 272 g/mol. The number of rotatable bonds is 5. The van der Waals surface area contributed by atoms with E-state index in [0.29, 0.717) is 0 Å². The molecule has 2 aromatic heterocycles. The maximum Gasteiger partial charge on any atom is 0.183 e. The standard InChI is InChI=1S/C14H16N4S/c1-10-11(9-16-18-10)5-4-8-15-14-17-12-6-2-3-7-13(12)19-14/h2-3,6-7,9H,4-5,8H2,1H3,(H,15,17)(H,16,18). The number of para-hydroxylation sites is 1. The minimum absolute atomic E-state index is 0.935. The van der Waals surface area contributed by atoms with Crippen LogP contribution in [0.25, 0.3) is 10.2 Å². The summed E-state index contributed by atoms with van der Waals surface area (Å²) < 4.78 is 1.23. The van der Waals surface area contributed by atoms with E-state index in [-0.39, 0.29) is 0 Å². The van der Waals surface area contributed by atoms with Crippen molar-refractivity contribution in [2.24, 2.45) is 0 Å². The molecule has 19 heavy (non-hydrogen) atoms. The summed E-state index contributed by atoms with van der Waals surface area (Å²) in [5.41, 5.74) is 3.53. The number of hydrogen-bond acceptors (Lipinski definition) is 4. The summed E-state index contributed by atoms with van der Waals surface area (Å²) in [4.78, 5) is 4.55. The van der Waals surface area contributed by atoms with Crippen LogP contribution in [0.1, 0.15) is 17.7 Å². The van der Waals surface area contributed by atoms with Gasteiger partial charge in [0.05, 0.1) is 16.4 Å². The van der Waals surface area contributed by atoms with Crippen LogP contribution in [-0.2, 0) is 6.42 Å². The number of benzene rings is 1. The van der Waals surface area contributed by atoms with Gasteiger partial charge in [0.15, 0.2) is 5.13 Å². The van der Waals surface area contributed by atoms with E-state index in [1.54, 1.807) is 11.3 Å². The van der Waals surface area contributed by atoms with Gasteiger partial charge in [-0.15, -0.1) is 0 Å². The van der Waals surface area contributed by atoms with Crippen molar-refractivity contribution in [1.82, 2.24) is 15.2 Å². The molecule has 0 amide bonds. The van der Waals surface area contributed by atoms with E-state index in [4.69, 9.17) is 0 Å². The first kappa shape index (κ1) is 12.2. The Hall–Kier alpha value is -1.88. The van der Waals surface area contributed by atoms with Crippen molar-refractivity contribution >= 4 is 26.7 Å².